The Morgan fingerprint density at radius 2 is 0.762 bits per heavy atom. The van der Waals surface area contributed by atoms with E-state index in [2.05, 4.69) is 182 Å². The second-order valence-corrected chi connectivity index (χ2v) is 16.1. The number of benzene rings is 8. The highest BCUT2D eigenvalue weighted by atomic mass is 15.0. The third kappa shape index (κ3) is 7.26. The van der Waals surface area contributed by atoms with Gasteiger partial charge < -0.3 is 4.57 Å². The van der Waals surface area contributed by atoms with E-state index in [1.54, 1.807) is 0 Å². The van der Waals surface area contributed by atoms with Gasteiger partial charge in [0.2, 0.25) is 0 Å². The monoisotopic (exact) mass is 807 g/mol. The topological polar surface area (TPSA) is 56.5 Å². The molecule has 0 saturated heterocycles. The maximum Gasteiger partial charge on any atom is 0.162 e. The van der Waals surface area contributed by atoms with Crippen LogP contribution >= 0.6 is 0 Å². The van der Waals surface area contributed by atoms with E-state index in [4.69, 9.17) is 19.9 Å². The van der Waals surface area contributed by atoms with Crippen LogP contribution in [0.25, 0.3) is 106 Å². The van der Waals surface area contributed by atoms with Gasteiger partial charge in [-0.05, 0) is 67.4 Å². The zero-order valence-electron chi connectivity index (χ0n) is 34.9. The Hall–Kier alpha value is -8.28. The predicted molar refractivity (Wildman–Crippen MR) is 259 cm³/mol. The van der Waals surface area contributed by atoms with Gasteiger partial charge in [0.05, 0.1) is 39.5 Å². The fourth-order valence-corrected chi connectivity index (χ4v) is 8.77. The number of aromatic nitrogens is 5. The van der Waals surface area contributed by atoms with Crippen molar-refractivity contribution in [1.82, 2.24) is 24.5 Å². The number of rotatable bonds is 8. The highest BCUT2D eigenvalue weighted by Crippen LogP contribution is 2.40. The number of para-hydroxylation sites is 1. The molecule has 0 fully saturated rings. The van der Waals surface area contributed by atoms with Crippen LogP contribution in [0, 0.1) is 13.8 Å². The number of hydrogen-bond acceptors (Lipinski definition) is 4. The van der Waals surface area contributed by atoms with E-state index in [9.17, 15) is 0 Å². The fraction of sp³-hybridized carbons (Fsp3) is 0.0345. The Bertz CT molecular complexity index is 3320. The zero-order valence-corrected chi connectivity index (χ0v) is 34.9. The highest BCUT2D eigenvalue weighted by Gasteiger charge is 2.21. The lowest BCUT2D eigenvalue weighted by Crippen LogP contribution is -2.03. The second-order valence-electron chi connectivity index (χ2n) is 16.1. The molecule has 5 nitrogen and oxygen atoms in total. The first kappa shape index (κ1) is 37.7. The van der Waals surface area contributed by atoms with E-state index in [0.717, 1.165) is 72.9 Å². The summed E-state index contributed by atoms with van der Waals surface area (Å²) in [6.45, 7) is 4.33. The Labute approximate surface area is 366 Å². The van der Waals surface area contributed by atoms with Crippen molar-refractivity contribution >= 4 is 21.8 Å². The molecule has 0 aliphatic carbocycles. The molecule has 0 unspecified atom stereocenters. The maximum atomic E-state index is 5.41. The normalized spacial score (nSPS) is 11.3. The Balaban J connectivity index is 1.19. The van der Waals surface area contributed by atoms with Gasteiger partial charge in [0.25, 0.3) is 0 Å². The average Bonchev–Trinajstić information content (AvgIpc) is 3.68. The molecular weight excluding hydrogens is 767 g/mol. The first-order valence-corrected chi connectivity index (χ1v) is 21.3. The molecule has 0 aliphatic rings. The van der Waals surface area contributed by atoms with Crippen molar-refractivity contribution in [2.24, 2.45) is 0 Å². The quantitative estimate of drug-likeness (QED) is 0.153. The highest BCUT2D eigenvalue weighted by molar-refractivity contribution is 6.11. The summed E-state index contributed by atoms with van der Waals surface area (Å²) < 4.78 is 2.38. The number of fused-ring (bicyclic) bond motifs is 3. The SMILES string of the molecule is Cc1cc(C)cc(-c2ccc3c(c2)c2ccccc2n3-c2ccc(-c3cc(-c4ccccc4)nc(-c4ccccc4)n3)cc2-c2nc(-c3ccccc3)cc(-c3ccccc3)n2)c1. The van der Waals surface area contributed by atoms with Crippen LogP contribution in [0.3, 0.4) is 0 Å². The molecule has 0 amide bonds. The van der Waals surface area contributed by atoms with Crippen molar-refractivity contribution in [1.29, 1.82) is 0 Å². The van der Waals surface area contributed by atoms with E-state index in [-0.39, 0.29) is 0 Å². The molecule has 63 heavy (non-hydrogen) atoms. The number of hydrogen-bond donors (Lipinski definition) is 0. The molecule has 3 aromatic heterocycles. The summed E-state index contributed by atoms with van der Waals surface area (Å²) in [5.41, 5.74) is 17.2. The average molecular weight is 808 g/mol. The minimum Gasteiger partial charge on any atom is -0.309 e. The van der Waals surface area contributed by atoms with Crippen LogP contribution in [0.5, 0.6) is 0 Å². The molecule has 0 saturated carbocycles. The van der Waals surface area contributed by atoms with Crippen molar-refractivity contribution in [2.45, 2.75) is 13.8 Å². The maximum absolute atomic E-state index is 5.41. The first-order valence-electron chi connectivity index (χ1n) is 21.3. The van der Waals surface area contributed by atoms with Crippen LogP contribution in [0.1, 0.15) is 11.1 Å². The van der Waals surface area contributed by atoms with Gasteiger partial charge in [-0.1, -0.05) is 181 Å². The first-order chi connectivity index (χ1) is 31.0. The van der Waals surface area contributed by atoms with Crippen molar-refractivity contribution < 1.29 is 0 Å². The molecule has 11 rings (SSSR count). The third-order valence-electron chi connectivity index (χ3n) is 11.7. The van der Waals surface area contributed by atoms with Crippen LogP contribution in [0.15, 0.2) is 212 Å². The lowest BCUT2D eigenvalue weighted by Gasteiger charge is -2.17. The van der Waals surface area contributed by atoms with E-state index in [1.807, 2.05) is 48.5 Å². The molecule has 5 heteroatoms. The van der Waals surface area contributed by atoms with Gasteiger partial charge in [-0.2, -0.15) is 0 Å². The molecule has 0 radical (unpaired) electrons. The number of aryl methyl sites for hydroxylation is 2. The Morgan fingerprint density at radius 3 is 1.33 bits per heavy atom. The molecular formula is C58H41N5. The summed E-state index contributed by atoms with van der Waals surface area (Å²) in [6.07, 6.45) is 0. The second kappa shape index (κ2) is 16.0. The predicted octanol–water partition coefficient (Wildman–Crippen LogP) is 14.6. The summed E-state index contributed by atoms with van der Waals surface area (Å²) in [7, 11) is 0. The van der Waals surface area contributed by atoms with Crippen LogP contribution in [0.4, 0.5) is 0 Å². The van der Waals surface area contributed by atoms with Crippen molar-refractivity contribution in [3.63, 3.8) is 0 Å². The van der Waals surface area contributed by atoms with Gasteiger partial charge in [0.15, 0.2) is 11.6 Å². The van der Waals surface area contributed by atoms with E-state index in [0.29, 0.717) is 11.6 Å². The van der Waals surface area contributed by atoms with Crippen LogP contribution in [-0.4, -0.2) is 24.5 Å². The largest absolute Gasteiger partial charge is 0.309 e. The van der Waals surface area contributed by atoms with Crippen molar-refractivity contribution in [2.75, 3.05) is 0 Å². The standard InChI is InChI=1S/C58H41N5/c1-38-31-39(2)33-46(32-38)44-27-29-55-48(34-44)47-25-15-16-26-54(47)63(55)56-30-28-45(53-37-50(40-17-7-3-8-18-40)59-57(60-53)43-23-13-6-14-24-43)35-49(56)58-61-51(41-19-9-4-10-20-41)36-52(62-58)42-21-11-5-12-22-42/h3-37H,1-2H3. The van der Waals surface area contributed by atoms with Crippen molar-refractivity contribution in [3.8, 4) is 84.6 Å². The lowest BCUT2D eigenvalue weighted by molar-refractivity contribution is 1.13. The smallest absolute Gasteiger partial charge is 0.162 e. The van der Waals surface area contributed by atoms with Crippen LogP contribution in [-0.2, 0) is 0 Å². The fourth-order valence-electron chi connectivity index (χ4n) is 8.77. The summed E-state index contributed by atoms with van der Waals surface area (Å²) >= 11 is 0. The van der Waals surface area contributed by atoms with Crippen LogP contribution in [0.2, 0.25) is 0 Å². The molecule has 11 aromatic rings. The summed E-state index contributed by atoms with van der Waals surface area (Å²) in [5.74, 6) is 1.28. The molecule has 3 heterocycles. The zero-order chi connectivity index (χ0) is 42.3. The third-order valence-corrected chi connectivity index (χ3v) is 11.7. The molecule has 0 bridgehead atoms. The minimum atomic E-state index is 0.616. The molecule has 298 valence electrons. The molecule has 0 N–H and O–H groups in total. The summed E-state index contributed by atoms with van der Waals surface area (Å²) in [5, 5.41) is 2.35. The van der Waals surface area contributed by atoms with Gasteiger partial charge in [-0.3, -0.25) is 0 Å². The molecule has 8 aromatic carbocycles. The van der Waals surface area contributed by atoms with Gasteiger partial charge >= 0.3 is 0 Å². The lowest BCUT2D eigenvalue weighted by atomic mass is 9.99. The van der Waals surface area contributed by atoms with E-state index in [1.165, 1.54) is 33.0 Å². The van der Waals surface area contributed by atoms with Crippen molar-refractivity contribution in [3.05, 3.63) is 223 Å². The van der Waals surface area contributed by atoms with Crippen LogP contribution < -0.4 is 0 Å². The Kier molecular flexibility index (Phi) is 9.55. The van der Waals surface area contributed by atoms with E-state index >= 15 is 0 Å². The van der Waals surface area contributed by atoms with Gasteiger partial charge in [0.1, 0.15) is 0 Å². The molecule has 0 spiro atoms. The van der Waals surface area contributed by atoms with E-state index < -0.39 is 0 Å². The van der Waals surface area contributed by atoms with Gasteiger partial charge in [0, 0.05) is 44.2 Å². The summed E-state index contributed by atoms with van der Waals surface area (Å²) in [6, 6.07) is 74.3. The minimum absolute atomic E-state index is 0.616. The van der Waals surface area contributed by atoms with Gasteiger partial charge in [-0.25, -0.2) is 19.9 Å². The Morgan fingerprint density at radius 1 is 0.302 bits per heavy atom. The molecule has 0 atom stereocenters. The van der Waals surface area contributed by atoms with Gasteiger partial charge in [-0.15, -0.1) is 0 Å². The number of nitrogens with zero attached hydrogens (tertiary/aromatic N) is 5. The molecule has 0 aliphatic heterocycles. The summed E-state index contributed by atoms with van der Waals surface area (Å²) in [4.78, 5) is 21.2.